The highest BCUT2D eigenvalue weighted by molar-refractivity contribution is 5.06. The summed E-state index contributed by atoms with van der Waals surface area (Å²) in [5, 5.41) is 14.3. The molecule has 1 N–H and O–H groups in total. The van der Waals surface area contributed by atoms with Crippen molar-refractivity contribution in [1.82, 2.24) is 14.8 Å². The molecule has 1 aromatic rings. The molecule has 1 aliphatic carbocycles. The number of hydrogen-bond donors (Lipinski definition) is 1. The molecular formula is C13H23N3O. The topological polar surface area (TPSA) is 50.9 Å². The van der Waals surface area contributed by atoms with Crippen molar-refractivity contribution in [3.8, 4) is 0 Å². The third-order valence-electron chi connectivity index (χ3n) is 3.56. The summed E-state index contributed by atoms with van der Waals surface area (Å²) < 4.78 is 1.94. The highest BCUT2D eigenvalue weighted by atomic mass is 16.3. The van der Waals surface area contributed by atoms with Gasteiger partial charge in [-0.1, -0.05) is 27.2 Å². The summed E-state index contributed by atoms with van der Waals surface area (Å²) in [4.78, 5) is 4.66. The molecular weight excluding hydrogens is 214 g/mol. The van der Waals surface area contributed by atoms with Crippen LogP contribution in [-0.4, -0.2) is 26.0 Å². The number of nitrogens with zero attached hydrogens (tertiary/aromatic N) is 3. The van der Waals surface area contributed by atoms with Gasteiger partial charge in [0.2, 0.25) is 0 Å². The Labute approximate surface area is 103 Å². The Balaban J connectivity index is 2.20. The van der Waals surface area contributed by atoms with Gasteiger partial charge in [-0.05, 0) is 19.3 Å². The zero-order valence-corrected chi connectivity index (χ0v) is 11.1. The predicted molar refractivity (Wildman–Crippen MR) is 67.0 cm³/mol. The average molecular weight is 237 g/mol. The first-order chi connectivity index (χ1) is 8.11. The standard InChI is InChI=1S/C13H23N3O/c1-4-11(17)8-16-13(10-6-5-7-10)14-12(15-16)9(2)3/h9-11,17H,4-8H2,1-3H3/t11-/m0/s1. The largest absolute Gasteiger partial charge is 0.391 e. The third-order valence-corrected chi connectivity index (χ3v) is 3.56. The number of aliphatic hydroxyl groups is 1. The fourth-order valence-corrected chi connectivity index (χ4v) is 2.05. The summed E-state index contributed by atoms with van der Waals surface area (Å²) in [5.41, 5.74) is 0. The van der Waals surface area contributed by atoms with Crippen molar-refractivity contribution in [3.63, 3.8) is 0 Å². The average Bonchev–Trinajstić information content (AvgIpc) is 2.60. The van der Waals surface area contributed by atoms with Crippen molar-refractivity contribution >= 4 is 0 Å². The third kappa shape index (κ3) is 2.68. The molecule has 0 aromatic carbocycles. The summed E-state index contributed by atoms with van der Waals surface area (Å²) in [6, 6.07) is 0. The van der Waals surface area contributed by atoms with Crippen molar-refractivity contribution in [2.75, 3.05) is 0 Å². The molecule has 17 heavy (non-hydrogen) atoms. The molecule has 0 bridgehead atoms. The fraction of sp³-hybridized carbons (Fsp3) is 0.846. The van der Waals surface area contributed by atoms with E-state index in [1.165, 1.54) is 19.3 Å². The molecule has 0 radical (unpaired) electrons. The van der Waals surface area contributed by atoms with Gasteiger partial charge in [-0.3, -0.25) is 0 Å². The van der Waals surface area contributed by atoms with Crippen molar-refractivity contribution in [2.24, 2.45) is 0 Å². The summed E-state index contributed by atoms with van der Waals surface area (Å²) in [6.45, 7) is 6.80. The highest BCUT2D eigenvalue weighted by Crippen LogP contribution is 2.35. The Bertz CT molecular complexity index is 369. The van der Waals surface area contributed by atoms with Crippen LogP contribution in [0.4, 0.5) is 0 Å². The molecule has 1 fully saturated rings. The van der Waals surface area contributed by atoms with Crippen LogP contribution >= 0.6 is 0 Å². The molecule has 4 nitrogen and oxygen atoms in total. The number of aliphatic hydroxyl groups excluding tert-OH is 1. The molecule has 0 amide bonds. The Morgan fingerprint density at radius 2 is 2.12 bits per heavy atom. The van der Waals surface area contributed by atoms with Gasteiger partial charge in [0.25, 0.3) is 0 Å². The number of aromatic nitrogens is 3. The second-order valence-electron chi connectivity index (χ2n) is 5.35. The van der Waals surface area contributed by atoms with Crippen LogP contribution in [0.15, 0.2) is 0 Å². The lowest BCUT2D eigenvalue weighted by Crippen LogP contribution is -2.22. The predicted octanol–water partition coefficient (Wildman–Crippen LogP) is 2.44. The van der Waals surface area contributed by atoms with E-state index in [9.17, 15) is 5.11 Å². The molecule has 0 unspecified atom stereocenters. The first-order valence-electron chi connectivity index (χ1n) is 6.74. The lowest BCUT2D eigenvalue weighted by Gasteiger charge is -2.25. The minimum absolute atomic E-state index is 0.310. The summed E-state index contributed by atoms with van der Waals surface area (Å²) in [6.07, 6.45) is 4.19. The van der Waals surface area contributed by atoms with Gasteiger partial charge >= 0.3 is 0 Å². The Morgan fingerprint density at radius 3 is 2.59 bits per heavy atom. The van der Waals surface area contributed by atoms with Crippen LogP contribution in [0.25, 0.3) is 0 Å². The van der Waals surface area contributed by atoms with Crippen LogP contribution in [0.3, 0.4) is 0 Å². The minimum atomic E-state index is -0.310. The summed E-state index contributed by atoms with van der Waals surface area (Å²) in [7, 11) is 0. The Kier molecular flexibility index (Phi) is 3.82. The van der Waals surface area contributed by atoms with E-state index < -0.39 is 0 Å². The van der Waals surface area contributed by atoms with Crippen molar-refractivity contribution in [2.45, 2.75) is 70.9 Å². The van der Waals surface area contributed by atoms with Crippen LogP contribution in [0, 0.1) is 0 Å². The molecule has 1 aliphatic rings. The Hall–Kier alpha value is -0.900. The van der Waals surface area contributed by atoms with Gasteiger partial charge in [-0.25, -0.2) is 9.67 Å². The maximum atomic E-state index is 9.77. The first kappa shape index (κ1) is 12.6. The second-order valence-corrected chi connectivity index (χ2v) is 5.35. The zero-order chi connectivity index (χ0) is 12.4. The molecule has 1 aromatic heterocycles. The molecule has 2 rings (SSSR count). The van der Waals surface area contributed by atoms with E-state index in [0.29, 0.717) is 18.4 Å². The summed E-state index contributed by atoms with van der Waals surface area (Å²) >= 11 is 0. The van der Waals surface area contributed by atoms with E-state index in [2.05, 4.69) is 23.9 Å². The molecule has 1 atom stereocenters. The second kappa shape index (κ2) is 5.17. The fourth-order valence-electron chi connectivity index (χ4n) is 2.05. The van der Waals surface area contributed by atoms with Gasteiger partial charge in [0, 0.05) is 11.8 Å². The normalized spacial score (nSPS) is 18.4. The smallest absolute Gasteiger partial charge is 0.153 e. The van der Waals surface area contributed by atoms with Crippen LogP contribution in [-0.2, 0) is 6.54 Å². The number of rotatable bonds is 5. The van der Waals surface area contributed by atoms with Crippen molar-refractivity contribution in [1.29, 1.82) is 0 Å². The molecule has 0 saturated heterocycles. The van der Waals surface area contributed by atoms with Gasteiger partial charge in [0.15, 0.2) is 5.82 Å². The van der Waals surface area contributed by atoms with Crippen molar-refractivity contribution in [3.05, 3.63) is 11.6 Å². The minimum Gasteiger partial charge on any atom is -0.391 e. The van der Waals surface area contributed by atoms with E-state index in [-0.39, 0.29) is 6.10 Å². The first-order valence-corrected chi connectivity index (χ1v) is 6.74. The van der Waals surface area contributed by atoms with Gasteiger partial charge in [-0.15, -0.1) is 0 Å². The molecule has 4 heteroatoms. The van der Waals surface area contributed by atoms with Gasteiger partial charge in [0.1, 0.15) is 5.82 Å². The van der Waals surface area contributed by atoms with Crippen molar-refractivity contribution < 1.29 is 5.11 Å². The van der Waals surface area contributed by atoms with Gasteiger partial charge < -0.3 is 5.11 Å². The van der Waals surface area contributed by atoms with Crippen LogP contribution in [0.5, 0.6) is 0 Å². The van der Waals surface area contributed by atoms with E-state index in [1.54, 1.807) is 0 Å². The van der Waals surface area contributed by atoms with E-state index in [4.69, 9.17) is 0 Å². The molecule has 0 spiro atoms. The number of hydrogen-bond acceptors (Lipinski definition) is 3. The summed E-state index contributed by atoms with van der Waals surface area (Å²) in [5.74, 6) is 2.93. The lowest BCUT2D eigenvalue weighted by molar-refractivity contribution is 0.142. The van der Waals surface area contributed by atoms with E-state index in [1.807, 2.05) is 11.6 Å². The van der Waals surface area contributed by atoms with E-state index >= 15 is 0 Å². The van der Waals surface area contributed by atoms with Crippen LogP contribution < -0.4 is 0 Å². The maximum Gasteiger partial charge on any atom is 0.153 e. The maximum absolute atomic E-state index is 9.77. The van der Waals surface area contributed by atoms with Gasteiger partial charge in [-0.2, -0.15) is 5.10 Å². The Morgan fingerprint density at radius 1 is 1.41 bits per heavy atom. The molecule has 96 valence electrons. The quantitative estimate of drug-likeness (QED) is 0.855. The SMILES string of the molecule is CC[C@H](O)Cn1nc(C(C)C)nc1C1CCC1. The molecule has 0 aliphatic heterocycles. The molecule has 1 heterocycles. The van der Waals surface area contributed by atoms with E-state index in [0.717, 1.165) is 18.1 Å². The van der Waals surface area contributed by atoms with Gasteiger partial charge in [0.05, 0.1) is 12.6 Å². The van der Waals surface area contributed by atoms with Crippen LogP contribution in [0.2, 0.25) is 0 Å². The van der Waals surface area contributed by atoms with Crippen LogP contribution in [0.1, 0.15) is 69.9 Å². The highest BCUT2D eigenvalue weighted by Gasteiger charge is 2.26. The zero-order valence-electron chi connectivity index (χ0n) is 11.1. The molecule has 1 saturated carbocycles. The lowest BCUT2D eigenvalue weighted by atomic mass is 9.85. The monoisotopic (exact) mass is 237 g/mol.